The summed E-state index contributed by atoms with van der Waals surface area (Å²) in [5.74, 6) is 0.693. The molecule has 0 aliphatic heterocycles. The molecule has 5 heteroatoms. The van der Waals surface area contributed by atoms with Gasteiger partial charge in [0, 0.05) is 6.54 Å². The van der Waals surface area contributed by atoms with Crippen LogP contribution in [0.2, 0.25) is 0 Å². The molecule has 1 aromatic carbocycles. The van der Waals surface area contributed by atoms with Gasteiger partial charge in [0.15, 0.2) is 5.82 Å². The van der Waals surface area contributed by atoms with Gasteiger partial charge in [-0.1, -0.05) is 44.2 Å². The molecule has 0 saturated carbocycles. The number of nitrogens with zero attached hydrogens (tertiary/aromatic N) is 3. The van der Waals surface area contributed by atoms with Crippen molar-refractivity contribution in [3.05, 3.63) is 48.4 Å². The van der Waals surface area contributed by atoms with Crippen LogP contribution in [-0.2, 0) is 0 Å². The van der Waals surface area contributed by atoms with Crippen molar-refractivity contribution in [1.82, 2.24) is 14.9 Å². The molecule has 0 fully saturated rings. The molecule has 2 aromatic rings. The van der Waals surface area contributed by atoms with E-state index in [0.717, 1.165) is 19.6 Å². The first-order valence-corrected chi connectivity index (χ1v) is 7.34. The Morgan fingerprint density at radius 3 is 2.52 bits per heavy atom. The van der Waals surface area contributed by atoms with Crippen molar-refractivity contribution in [2.45, 2.75) is 19.9 Å². The van der Waals surface area contributed by atoms with Gasteiger partial charge in [-0.25, -0.2) is 9.97 Å². The molecule has 0 saturated heterocycles. The van der Waals surface area contributed by atoms with Gasteiger partial charge in [-0.05, 0) is 18.7 Å². The lowest BCUT2D eigenvalue weighted by Crippen LogP contribution is -2.33. The summed E-state index contributed by atoms with van der Waals surface area (Å²) in [6, 6.07) is 10.8. The van der Waals surface area contributed by atoms with Crippen molar-refractivity contribution >= 4 is 11.5 Å². The molecule has 21 heavy (non-hydrogen) atoms. The number of nitrogens with one attached hydrogen (secondary N) is 1. The molecule has 3 N–H and O–H groups in total. The maximum absolute atomic E-state index is 5.89. The van der Waals surface area contributed by atoms with Crippen LogP contribution < -0.4 is 11.1 Å². The molecule has 1 heterocycles. The van der Waals surface area contributed by atoms with E-state index in [1.165, 1.54) is 11.9 Å². The SMILES string of the molecule is CCN(CC)C(CNc1ncncc1N)c1ccccc1. The Labute approximate surface area is 126 Å². The lowest BCUT2D eigenvalue weighted by molar-refractivity contribution is 0.228. The van der Waals surface area contributed by atoms with E-state index in [1.54, 1.807) is 6.20 Å². The third-order valence-corrected chi connectivity index (χ3v) is 3.64. The van der Waals surface area contributed by atoms with Gasteiger partial charge < -0.3 is 11.1 Å². The summed E-state index contributed by atoms with van der Waals surface area (Å²) < 4.78 is 0. The molecule has 0 aliphatic carbocycles. The highest BCUT2D eigenvalue weighted by Gasteiger charge is 2.18. The fourth-order valence-corrected chi connectivity index (χ4v) is 2.48. The summed E-state index contributed by atoms with van der Waals surface area (Å²) in [6.45, 7) is 7.11. The second-order valence-corrected chi connectivity index (χ2v) is 4.86. The molecule has 1 aromatic heterocycles. The minimum absolute atomic E-state index is 0.288. The van der Waals surface area contributed by atoms with Crippen LogP contribution in [0.1, 0.15) is 25.5 Å². The summed E-state index contributed by atoms with van der Waals surface area (Å²) in [5.41, 5.74) is 7.75. The van der Waals surface area contributed by atoms with Crippen molar-refractivity contribution < 1.29 is 0 Å². The van der Waals surface area contributed by atoms with E-state index in [2.05, 4.69) is 58.3 Å². The third-order valence-electron chi connectivity index (χ3n) is 3.64. The number of likely N-dealkylation sites (N-methyl/N-ethyl adjacent to an activating group) is 1. The Morgan fingerprint density at radius 2 is 1.90 bits per heavy atom. The number of nitrogen functional groups attached to an aromatic ring is 1. The number of aromatic nitrogens is 2. The van der Waals surface area contributed by atoms with Gasteiger partial charge in [-0.3, -0.25) is 4.90 Å². The molecular formula is C16H23N5. The predicted octanol–water partition coefficient (Wildman–Crippen LogP) is 2.55. The monoisotopic (exact) mass is 285 g/mol. The molecule has 0 aliphatic rings. The van der Waals surface area contributed by atoms with Gasteiger partial charge in [0.25, 0.3) is 0 Å². The van der Waals surface area contributed by atoms with Crippen LogP contribution in [0.5, 0.6) is 0 Å². The van der Waals surface area contributed by atoms with Gasteiger partial charge in [-0.2, -0.15) is 0 Å². The lowest BCUT2D eigenvalue weighted by Gasteiger charge is -2.30. The van der Waals surface area contributed by atoms with Crippen LogP contribution in [0.25, 0.3) is 0 Å². The quantitative estimate of drug-likeness (QED) is 0.818. The smallest absolute Gasteiger partial charge is 0.152 e. The molecule has 0 spiro atoms. The second-order valence-electron chi connectivity index (χ2n) is 4.86. The van der Waals surface area contributed by atoms with Crippen LogP contribution in [0.3, 0.4) is 0 Å². The zero-order chi connectivity index (χ0) is 15.1. The van der Waals surface area contributed by atoms with Gasteiger partial charge in [-0.15, -0.1) is 0 Å². The van der Waals surface area contributed by atoms with Gasteiger partial charge in [0.1, 0.15) is 6.33 Å². The highest BCUT2D eigenvalue weighted by Crippen LogP contribution is 2.22. The number of hydrogen-bond acceptors (Lipinski definition) is 5. The first kappa shape index (κ1) is 15.3. The number of benzene rings is 1. The molecule has 1 unspecified atom stereocenters. The standard InChI is InChI=1S/C16H23N5/c1-3-21(4-2)15(13-8-6-5-7-9-13)11-19-16-14(17)10-18-12-20-16/h5-10,12,15H,3-4,11,17H2,1-2H3,(H,18,19,20). The van der Waals surface area contributed by atoms with E-state index < -0.39 is 0 Å². The van der Waals surface area contributed by atoms with Crippen LogP contribution in [0, 0.1) is 0 Å². The predicted molar refractivity (Wildman–Crippen MR) is 87.0 cm³/mol. The second kappa shape index (κ2) is 7.59. The van der Waals surface area contributed by atoms with Crippen molar-refractivity contribution in [1.29, 1.82) is 0 Å². The normalized spacial score (nSPS) is 12.3. The fraction of sp³-hybridized carbons (Fsp3) is 0.375. The Morgan fingerprint density at radius 1 is 1.19 bits per heavy atom. The average Bonchev–Trinajstić information content (AvgIpc) is 2.54. The zero-order valence-electron chi connectivity index (χ0n) is 12.7. The van der Waals surface area contributed by atoms with E-state index in [-0.39, 0.29) is 6.04 Å². The highest BCUT2D eigenvalue weighted by atomic mass is 15.2. The van der Waals surface area contributed by atoms with Crippen LogP contribution in [-0.4, -0.2) is 34.5 Å². The van der Waals surface area contributed by atoms with Crippen LogP contribution in [0.4, 0.5) is 11.5 Å². The number of anilines is 2. The van der Waals surface area contributed by atoms with Gasteiger partial charge >= 0.3 is 0 Å². The topological polar surface area (TPSA) is 67.1 Å². The van der Waals surface area contributed by atoms with E-state index in [4.69, 9.17) is 5.73 Å². The number of rotatable bonds is 7. The van der Waals surface area contributed by atoms with E-state index in [9.17, 15) is 0 Å². The van der Waals surface area contributed by atoms with Crippen molar-refractivity contribution in [3.63, 3.8) is 0 Å². The molecule has 1 atom stereocenters. The molecule has 112 valence electrons. The molecule has 0 bridgehead atoms. The van der Waals surface area contributed by atoms with Crippen LogP contribution in [0.15, 0.2) is 42.9 Å². The van der Waals surface area contributed by atoms with Crippen molar-refractivity contribution in [2.75, 3.05) is 30.7 Å². The van der Waals surface area contributed by atoms with E-state index in [1.807, 2.05) is 6.07 Å². The van der Waals surface area contributed by atoms with E-state index in [0.29, 0.717) is 11.5 Å². The minimum Gasteiger partial charge on any atom is -0.394 e. The Bertz CT molecular complexity index is 539. The summed E-state index contributed by atoms with van der Waals surface area (Å²) in [4.78, 5) is 10.5. The molecule has 2 rings (SSSR count). The zero-order valence-corrected chi connectivity index (χ0v) is 12.7. The first-order valence-electron chi connectivity index (χ1n) is 7.34. The van der Waals surface area contributed by atoms with E-state index >= 15 is 0 Å². The molecular weight excluding hydrogens is 262 g/mol. The highest BCUT2D eigenvalue weighted by molar-refractivity contribution is 5.59. The van der Waals surface area contributed by atoms with Crippen LogP contribution >= 0.6 is 0 Å². The van der Waals surface area contributed by atoms with Gasteiger partial charge in [0.2, 0.25) is 0 Å². The molecule has 5 nitrogen and oxygen atoms in total. The fourth-order valence-electron chi connectivity index (χ4n) is 2.48. The number of hydrogen-bond donors (Lipinski definition) is 2. The van der Waals surface area contributed by atoms with Crippen molar-refractivity contribution in [2.24, 2.45) is 0 Å². The largest absolute Gasteiger partial charge is 0.394 e. The Balaban J connectivity index is 2.15. The van der Waals surface area contributed by atoms with Crippen molar-refractivity contribution in [3.8, 4) is 0 Å². The third kappa shape index (κ3) is 3.92. The lowest BCUT2D eigenvalue weighted by atomic mass is 10.1. The Hall–Kier alpha value is -2.14. The maximum Gasteiger partial charge on any atom is 0.152 e. The molecule has 0 radical (unpaired) electrons. The average molecular weight is 285 g/mol. The molecule has 0 amide bonds. The first-order chi connectivity index (χ1) is 10.3. The summed E-state index contributed by atoms with van der Waals surface area (Å²) in [7, 11) is 0. The number of nitrogens with two attached hydrogens (primary N) is 1. The summed E-state index contributed by atoms with van der Waals surface area (Å²) in [6.07, 6.45) is 3.12. The Kier molecular flexibility index (Phi) is 5.51. The summed E-state index contributed by atoms with van der Waals surface area (Å²) >= 11 is 0. The minimum atomic E-state index is 0.288. The van der Waals surface area contributed by atoms with Gasteiger partial charge in [0.05, 0.1) is 17.9 Å². The summed E-state index contributed by atoms with van der Waals surface area (Å²) in [5, 5.41) is 3.34. The maximum atomic E-state index is 5.89.